The molecular formula is C15H23NO2. The highest BCUT2D eigenvalue weighted by Crippen LogP contribution is 2.30. The lowest BCUT2D eigenvalue weighted by Crippen LogP contribution is -2.33. The van der Waals surface area contributed by atoms with Gasteiger partial charge in [0.05, 0.1) is 6.61 Å². The Labute approximate surface area is 109 Å². The number of nitrogens with one attached hydrogen (secondary N) is 1. The predicted molar refractivity (Wildman–Crippen MR) is 72.2 cm³/mol. The summed E-state index contributed by atoms with van der Waals surface area (Å²) in [6.45, 7) is 7.60. The summed E-state index contributed by atoms with van der Waals surface area (Å²) in [6, 6.07) is 8.70. The van der Waals surface area contributed by atoms with Crippen molar-refractivity contribution in [1.29, 1.82) is 0 Å². The maximum absolute atomic E-state index is 5.13. The zero-order valence-electron chi connectivity index (χ0n) is 11.3. The summed E-state index contributed by atoms with van der Waals surface area (Å²) in [5.41, 5.74) is 2.62. The van der Waals surface area contributed by atoms with E-state index in [1.807, 2.05) is 6.92 Å². The highest BCUT2D eigenvalue weighted by Gasteiger charge is 2.22. The van der Waals surface area contributed by atoms with Gasteiger partial charge < -0.3 is 5.32 Å². The van der Waals surface area contributed by atoms with E-state index in [1.165, 1.54) is 17.5 Å². The Kier molecular flexibility index (Phi) is 5.17. The molecule has 0 spiro atoms. The van der Waals surface area contributed by atoms with E-state index in [0.717, 1.165) is 13.1 Å². The quantitative estimate of drug-likeness (QED) is 0.494. The Morgan fingerprint density at radius 2 is 2.22 bits per heavy atom. The zero-order valence-corrected chi connectivity index (χ0v) is 11.3. The Hall–Kier alpha value is -0.900. The summed E-state index contributed by atoms with van der Waals surface area (Å²) in [7, 11) is 0. The molecule has 2 rings (SSSR count). The van der Waals surface area contributed by atoms with Gasteiger partial charge in [0.1, 0.15) is 6.61 Å². The normalized spacial score (nSPS) is 24.1. The van der Waals surface area contributed by atoms with Crippen molar-refractivity contribution in [3.63, 3.8) is 0 Å². The smallest absolute Gasteiger partial charge is 0.107 e. The van der Waals surface area contributed by atoms with Gasteiger partial charge in [0.15, 0.2) is 0 Å². The van der Waals surface area contributed by atoms with Crippen molar-refractivity contribution in [3.8, 4) is 0 Å². The van der Waals surface area contributed by atoms with Crippen LogP contribution in [0.15, 0.2) is 24.3 Å². The molecule has 0 aliphatic carbocycles. The molecule has 0 unspecified atom stereocenters. The fourth-order valence-electron chi connectivity index (χ4n) is 2.62. The molecule has 0 radical (unpaired) electrons. The van der Waals surface area contributed by atoms with Gasteiger partial charge in [-0.2, -0.15) is 0 Å². The molecule has 0 amide bonds. The van der Waals surface area contributed by atoms with E-state index >= 15 is 0 Å². The standard InChI is InChI=1S/C15H23NO2/c1-3-17-18-11-13-5-4-6-14(9-13)15-7-8-16-10-12(15)2/h4-6,9,12,15-16H,3,7-8,10-11H2,1-2H3/t12-,15+/m0/s1. The lowest BCUT2D eigenvalue weighted by atomic mass is 9.82. The van der Waals surface area contributed by atoms with Crippen molar-refractivity contribution >= 4 is 0 Å². The second kappa shape index (κ2) is 6.88. The average Bonchev–Trinajstić information content (AvgIpc) is 2.40. The minimum absolute atomic E-state index is 0.529. The molecule has 100 valence electrons. The Balaban J connectivity index is 2.01. The van der Waals surface area contributed by atoms with Crippen molar-refractivity contribution in [2.75, 3.05) is 19.7 Å². The summed E-state index contributed by atoms with van der Waals surface area (Å²) >= 11 is 0. The van der Waals surface area contributed by atoms with Crippen molar-refractivity contribution < 1.29 is 9.78 Å². The lowest BCUT2D eigenvalue weighted by Gasteiger charge is -2.30. The molecule has 0 bridgehead atoms. The van der Waals surface area contributed by atoms with Gasteiger partial charge in [-0.25, -0.2) is 9.78 Å². The summed E-state index contributed by atoms with van der Waals surface area (Å²) < 4.78 is 0. The maximum Gasteiger partial charge on any atom is 0.107 e. The SMILES string of the molecule is CCOOCc1cccc([C@@H]2CCNC[C@@H]2C)c1. The molecule has 0 aromatic heterocycles. The molecule has 1 heterocycles. The highest BCUT2D eigenvalue weighted by atomic mass is 17.2. The number of rotatable bonds is 5. The Morgan fingerprint density at radius 1 is 1.33 bits per heavy atom. The van der Waals surface area contributed by atoms with Crippen molar-refractivity contribution in [1.82, 2.24) is 5.32 Å². The van der Waals surface area contributed by atoms with Crippen molar-refractivity contribution in [2.45, 2.75) is 32.8 Å². The minimum atomic E-state index is 0.529. The van der Waals surface area contributed by atoms with Crippen LogP contribution in [0.5, 0.6) is 0 Å². The van der Waals surface area contributed by atoms with E-state index in [-0.39, 0.29) is 0 Å². The van der Waals surface area contributed by atoms with Gasteiger partial charge >= 0.3 is 0 Å². The molecule has 1 aliphatic rings. The topological polar surface area (TPSA) is 30.5 Å². The third-order valence-electron chi connectivity index (χ3n) is 3.59. The van der Waals surface area contributed by atoms with Crippen LogP contribution in [0.2, 0.25) is 0 Å². The first-order chi connectivity index (χ1) is 8.81. The van der Waals surface area contributed by atoms with Crippen LogP contribution >= 0.6 is 0 Å². The molecule has 18 heavy (non-hydrogen) atoms. The molecule has 3 heteroatoms. The summed E-state index contributed by atoms with van der Waals surface area (Å²) in [4.78, 5) is 10.1. The van der Waals surface area contributed by atoms with E-state index in [4.69, 9.17) is 9.78 Å². The molecule has 2 atom stereocenters. The first kappa shape index (κ1) is 13.5. The number of piperidine rings is 1. The average molecular weight is 249 g/mol. The largest absolute Gasteiger partial charge is 0.316 e. The van der Waals surface area contributed by atoms with Gasteiger partial charge in [0, 0.05) is 0 Å². The first-order valence-electron chi connectivity index (χ1n) is 6.85. The van der Waals surface area contributed by atoms with E-state index in [1.54, 1.807) is 0 Å². The first-order valence-corrected chi connectivity index (χ1v) is 6.85. The van der Waals surface area contributed by atoms with Crippen LogP contribution in [0, 0.1) is 5.92 Å². The van der Waals surface area contributed by atoms with Gasteiger partial charge in [-0.1, -0.05) is 31.2 Å². The monoisotopic (exact) mass is 249 g/mol. The fraction of sp³-hybridized carbons (Fsp3) is 0.600. The van der Waals surface area contributed by atoms with E-state index < -0.39 is 0 Å². The van der Waals surface area contributed by atoms with Gasteiger partial charge in [-0.15, -0.1) is 0 Å². The van der Waals surface area contributed by atoms with Crippen LogP contribution in [0.4, 0.5) is 0 Å². The molecule has 1 aromatic carbocycles. The van der Waals surface area contributed by atoms with Gasteiger partial charge in [-0.3, -0.25) is 0 Å². The van der Waals surface area contributed by atoms with Gasteiger partial charge in [0.25, 0.3) is 0 Å². The zero-order chi connectivity index (χ0) is 12.8. The highest BCUT2D eigenvalue weighted by molar-refractivity contribution is 5.27. The summed E-state index contributed by atoms with van der Waals surface area (Å²) in [5, 5.41) is 3.45. The molecule has 1 aromatic rings. The second-order valence-electron chi connectivity index (χ2n) is 4.99. The Bertz CT molecular complexity index is 367. The van der Waals surface area contributed by atoms with Crippen LogP contribution in [0.3, 0.4) is 0 Å². The van der Waals surface area contributed by atoms with Crippen LogP contribution in [-0.4, -0.2) is 19.7 Å². The van der Waals surface area contributed by atoms with Crippen LogP contribution in [-0.2, 0) is 16.4 Å². The number of hydrogen-bond acceptors (Lipinski definition) is 3. The third kappa shape index (κ3) is 3.55. The summed E-state index contributed by atoms with van der Waals surface area (Å²) in [5.74, 6) is 1.36. The van der Waals surface area contributed by atoms with Gasteiger partial charge in [0.2, 0.25) is 0 Å². The molecule has 3 nitrogen and oxygen atoms in total. The van der Waals surface area contributed by atoms with E-state index in [0.29, 0.717) is 25.0 Å². The predicted octanol–water partition coefficient (Wildman–Crippen LogP) is 2.87. The number of benzene rings is 1. The molecule has 1 fully saturated rings. The second-order valence-corrected chi connectivity index (χ2v) is 4.99. The van der Waals surface area contributed by atoms with Crippen LogP contribution in [0.1, 0.15) is 37.3 Å². The Morgan fingerprint density at radius 3 is 3.00 bits per heavy atom. The lowest BCUT2D eigenvalue weighted by molar-refractivity contribution is -0.300. The fourth-order valence-corrected chi connectivity index (χ4v) is 2.62. The molecule has 0 saturated carbocycles. The molecular weight excluding hydrogens is 226 g/mol. The maximum atomic E-state index is 5.13. The van der Waals surface area contributed by atoms with Gasteiger partial charge in [-0.05, 0) is 49.4 Å². The summed E-state index contributed by atoms with van der Waals surface area (Å²) in [6.07, 6.45) is 1.22. The van der Waals surface area contributed by atoms with E-state index in [2.05, 4.69) is 36.5 Å². The van der Waals surface area contributed by atoms with Crippen LogP contribution in [0.25, 0.3) is 0 Å². The molecule has 1 aliphatic heterocycles. The van der Waals surface area contributed by atoms with Crippen LogP contribution < -0.4 is 5.32 Å². The minimum Gasteiger partial charge on any atom is -0.316 e. The third-order valence-corrected chi connectivity index (χ3v) is 3.59. The number of hydrogen-bond donors (Lipinski definition) is 1. The van der Waals surface area contributed by atoms with Crippen molar-refractivity contribution in [3.05, 3.63) is 35.4 Å². The molecule has 1 saturated heterocycles. The van der Waals surface area contributed by atoms with Crippen molar-refractivity contribution in [2.24, 2.45) is 5.92 Å². The van der Waals surface area contributed by atoms with E-state index in [9.17, 15) is 0 Å². The molecule has 1 N–H and O–H groups in total.